The van der Waals surface area contributed by atoms with E-state index in [1.54, 1.807) is 0 Å². The van der Waals surface area contributed by atoms with Gasteiger partial charge in [0, 0.05) is 5.33 Å². The van der Waals surface area contributed by atoms with Gasteiger partial charge in [0.2, 0.25) is 0 Å². The summed E-state index contributed by atoms with van der Waals surface area (Å²) in [6.45, 7) is 6.62. The predicted octanol–water partition coefficient (Wildman–Crippen LogP) is 3.49. The van der Waals surface area contributed by atoms with Crippen molar-refractivity contribution in [3.63, 3.8) is 0 Å². The molecule has 1 aromatic carbocycles. The monoisotopic (exact) mass is 240 g/mol. The summed E-state index contributed by atoms with van der Waals surface area (Å²) in [4.78, 5) is 0. The molecule has 0 saturated heterocycles. The average Bonchev–Trinajstić information content (AvgIpc) is 2.18. The van der Waals surface area contributed by atoms with E-state index >= 15 is 0 Å². The molecule has 0 saturated carbocycles. The Morgan fingerprint density at radius 1 is 1.54 bits per heavy atom. The topological polar surface area (TPSA) is 9.23 Å². The van der Waals surface area contributed by atoms with E-state index in [-0.39, 0.29) is 0 Å². The second-order valence-electron chi connectivity index (χ2n) is 2.70. The van der Waals surface area contributed by atoms with E-state index in [9.17, 15) is 0 Å². The highest BCUT2D eigenvalue weighted by Crippen LogP contribution is 2.20. The van der Waals surface area contributed by atoms with E-state index in [4.69, 9.17) is 4.74 Å². The molecule has 0 heterocycles. The summed E-state index contributed by atoms with van der Waals surface area (Å²) >= 11 is 3.37. The van der Waals surface area contributed by atoms with Crippen LogP contribution in [0.25, 0.3) is 5.57 Å². The zero-order valence-electron chi connectivity index (χ0n) is 7.72. The Labute approximate surface area is 87.5 Å². The van der Waals surface area contributed by atoms with Crippen molar-refractivity contribution in [2.75, 3.05) is 11.9 Å². The van der Waals surface area contributed by atoms with Crippen molar-refractivity contribution < 1.29 is 4.74 Å². The minimum Gasteiger partial charge on any atom is -0.494 e. The maximum atomic E-state index is 5.38. The van der Waals surface area contributed by atoms with Gasteiger partial charge in [-0.25, -0.2) is 0 Å². The number of alkyl halides is 1. The number of halogens is 1. The fraction of sp³-hybridized carbons (Fsp3) is 0.273. The van der Waals surface area contributed by atoms with Crippen LogP contribution in [-0.2, 0) is 0 Å². The Bertz CT molecular complexity index is 294. The molecule has 0 aromatic heterocycles. The van der Waals surface area contributed by atoms with E-state index in [2.05, 4.69) is 22.5 Å². The maximum Gasteiger partial charge on any atom is 0.119 e. The van der Waals surface area contributed by atoms with Crippen molar-refractivity contribution in [2.45, 2.75) is 6.92 Å². The molecule has 0 aliphatic carbocycles. The van der Waals surface area contributed by atoms with Crippen LogP contribution in [0.2, 0.25) is 0 Å². The van der Waals surface area contributed by atoms with Gasteiger partial charge < -0.3 is 4.74 Å². The van der Waals surface area contributed by atoms with Crippen LogP contribution in [0, 0.1) is 0 Å². The fourth-order valence-electron chi connectivity index (χ4n) is 1.05. The number of allylic oxidation sites excluding steroid dienone is 1. The van der Waals surface area contributed by atoms with Gasteiger partial charge in [-0.3, -0.25) is 0 Å². The van der Waals surface area contributed by atoms with Gasteiger partial charge in [-0.05, 0) is 30.2 Å². The summed E-state index contributed by atoms with van der Waals surface area (Å²) < 4.78 is 5.38. The summed E-state index contributed by atoms with van der Waals surface area (Å²) in [6, 6.07) is 7.97. The summed E-state index contributed by atoms with van der Waals surface area (Å²) in [6.07, 6.45) is 0. The molecule has 70 valence electrons. The fourth-order valence-corrected chi connectivity index (χ4v) is 1.37. The van der Waals surface area contributed by atoms with Gasteiger partial charge in [0.25, 0.3) is 0 Å². The quantitative estimate of drug-likeness (QED) is 0.733. The van der Waals surface area contributed by atoms with Crippen molar-refractivity contribution in [3.8, 4) is 5.75 Å². The first-order chi connectivity index (χ1) is 6.27. The summed E-state index contributed by atoms with van der Waals surface area (Å²) in [5.74, 6) is 0.905. The first kappa shape index (κ1) is 10.3. The van der Waals surface area contributed by atoms with Crippen LogP contribution >= 0.6 is 15.9 Å². The summed E-state index contributed by atoms with van der Waals surface area (Å²) in [5.41, 5.74) is 2.20. The SMILES string of the molecule is C=C(CBr)c1cccc(OCC)c1. The third kappa shape index (κ3) is 2.88. The van der Waals surface area contributed by atoms with Crippen LogP contribution in [0.1, 0.15) is 12.5 Å². The molecule has 0 atom stereocenters. The van der Waals surface area contributed by atoms with Gasteiger partial charge >= 0.3 is 0 Å². The lowest BCUT2D eigenvalue weighted by atomic mass is 10.1. The molecule has 1 nitrogen and oxygen atoms in total. The Morgan fingerprint density at radius 2 is 2.31 bits per heavy atom. The number of rotatable bonds is 4. The average molecular weight is 241 g/mol. The van der Waals surface area contributed by atoms with E-state index in [1.807, 2.05) is 31.2 Å². The zero-order valence-corrected chi connectivity index (χ0v) is 9.30. The molecule has 0 amide bonds. The highest BCUT2D eigenvalue weighted by Gasteiger charge is 1.98. The van der Waals surface area contributed by atoms with Crippen molar-refractivity contribution in [3.05, 3.63) is 36.4 Å². The minimum atomic E-state index is 0.699. The molecule has 0 N–H and O–H groups in total. The third-order valence-electron chi connectivity index (χ3n) is 1.71. The van der Waals surface area contributed by atoms with Gasteiger partial charge in [-0.2, -0.15) is 0 Å². The normalized spacial score (nSPS) is 9.69. The number of hydrogen-bond donors (Lipinski definition) is 0. The molecule has 0 unspecified atom stereocenters. The molecule has 0 spiro atoms. The highest BCUT2D eigenvalue weighted by molar-refractivity contribution is 9.09. The third-order valence-corrected chi connectivity index (χ3v) is 2.39. The Kier molecular flexibility index (Phi) is 4.03. The Morgan fingerprint density at radius 3 is 2.92 bits per heavy atom. The molecule has 0 aliphatic rings. The van der Waals surface area contributed by atoms with Gasteiger partial charge in [0.1, 0.15) is 5.75 Å². The van der Waals surface area contributed by atoms with Crippen LogP contribution < -0.4 is 4.74 Å². The zero-order chi connectivity index (χ0) is 9.68. The van der Waals surface area contributed by atoms with Crippen molar-refractivity contribution in [1.29, 1.82) is 0 Å². The number of benzene rings is 1. The highest BCUT2D eigenvalue weighted by atomic mass is 79.9. The lowest BCUT2D eigenvalue weighted by Crippen LogP contribution is -1.92. The molecular formula is C11H13BrO. The lowest BCUT2D eigenvalue weighted by molar-refractivity contribution is 0.340. The van der Waals surface area contributed by atoms with Gasteiger partial charge in [0.05, 0.1) is 6.61 Å². The van der Waals surface area contributed by atoms with Gasteiger partial charge in [0.15, 0.2) is 0 Å². The van der Waals surface area contributed by atoms with Crippen molar-refractivity contribution in [1.82, 2.24) is 0 Å². The molecule has 2 heteroatoms. The number of ether oxygens (including phenoxy) is 1. The van der Waals surface area contributed by atoms with E-state index in [0.29, 0.717) is 6.61 Å². The second kappa shape index (κ2) is 5.07. The molecule has 0 aliphatic heterocycles. The van der Waals surface area contributed by atoms with Gasteiger partial charge in [-0.15, -0.1) is 0 Å². The molecule has 0 radical (unpaired) electrons. The van der Waals surface area contributed by atoms with E-state index in [1.165, 1.54) is 0 Å². The van der Waals surface area contributed by atoms with Crippen LogP contribution in [0.15, 0.2) is 30.8 Å². The predicted molar refractivity (Wildman–Crippen MR) is 60.4 cm³/mol. The Balaban J connectivity index is 2.85. The lowest BCUT2D eigenvalue weighted by Gasteiger charge is -2.06. The van der Waals surface area contributed by atoms with Crippen LogP contribution in [-0.4, -0.2) is 11.9 Å². The molecule has 0 bridgehead atoms. The van der Waals surface area contributed by atoms with Crippen LogP contribution in [0.3, 0.4) is 0 Å². The first-order valence-electron chi connectivity index (χ1n) is 4.25. The molecule has 1 aromatic rings. The minimum absolute atomic E-state index is 0.699. The molecular weight excluding hydrogens is 228 g/mol. The summed E-state index contributed by atoms with van der Waals surface area (Å²) in [5, 5.41) is 0.794. The second-order valence-corrected chi connectivity index (χ2v) is 3.26. The number of hydrogen-bond acceptors (Lipinski definition) is 1. The summed E-state index contributed by atoms with van der Waals surface area (Å²) in [7, 11) is 0. The maximum absolute atomic E-state index is 5.38. The van der Waals surface area contributed by atoms with Crippen molar-refractivity contribution in [2.24, 2.45) is 0 Å². The standard InChI is InChI=1S/C11H13BrO/c1-3-13-11-6-4-5-10(7-11)9(2)8-12/h4-7H,2-3,8H2,1H3. The molecule has 0 fully saturated rings. The largest absolute Gasteiger partial charge is 0.494 e. The molecule has 13 heavy (non-hydrogen) atoms. The smallest absolute Gasteiger partial charge is 0.119 e. The van der Waals surface area contributed by atoms with Crippen LogP contribution in [0.4, 0.5) is 0 Å². The van der Waals surface area contributed by atoms with E-state index in [0.717, 1.165) is 22.2 Å². The first-order valence-corrected chi connectivity index (χ1v) is 5.37. The Hall–Kier alpha value is -0.760. The molecule has 1 rings (SSSR count). The van der Waals surface area contributed by atoms with Gasteiger partial charge in [-0.1, -0.05) is 34.6 Å². The van der Waals surface area contributed by atoms with E-state index < -0.39 is 0 Å². The van der Waals surface area contributed by atoms with Crippen LogP contribution in [0.5, 0.6) is 5.75 Å². The van der Waals surface area contributed by atoms with Crippen molar-refractivity contribution >= 4 is 21.5 Å².